The van der Waals surface area contributed by atoms with Gasteiger partial charge >= 0.3 is 0 Å². The molecule has 5 heteroatoms. The molecule has 1 aliphatic carbocycles. The van der Waals surface area contributed by atoms with E-state index in [2.05, 4.69) is 39.5 Å². The second kappa shape index (κ2) is 5.36. The number of hydrogen-bond acceptors (Lipinski definition) is 4. The predicted molar refractivity (Wildman–Crippen MR) is 82.4 cm³/mol. The molecule has 1 saturated heterocycles. The van der Waals surface area contributed by atoms with Crippen LogP contribution in [0, 0.1) is 8.80 Å². The van der Waals surface area contributed by atoms with Crippen molar-refractivity contribution < 1.29 is 4.74 Å². The highest BCUT2D eigenvalue weighted by Gasteiger charge is 2.44. The first-order valence-corrected chi connectivity index (χ1v) is 8.52. The van der Waals surface area contributed by atoms with Crippen molar-refractivity contribution in [3.63, 3.8) is 0 Å². The van der Waals surface area contributed by atoms with Gasteiger partial charge in [-0.1, -0.05) is 0 Å². The van der Waals surface area contributed by atoms with Crippen LogP contribution in [0.1, 0.15) is 43.7 Å². The Hall–Kier alpha value is 0.310. The third kappa shape index (κ3) is 2.47. The number of rotatable bonds is 3. The van der Waals surface area contributed by atoms with Crippen molar-refractivity contribution in [2.75, 3.05) is 6.61 Å². The summed E-state index contributed by atoms with van der Waals surface area (Å²) in [6.45, 7) is 0.893. The van der Waals surface area contributed by atoms with Crippen LogP contribution >= 0.6 is 33.9 Å². The van der Waals surface area contributed by atoms with E-state index in [0.29, 0.717) is 5.92 Å². The number of ether oxygens (including phenoxy) is 1. The second-order valence-corrected chi connectivity index (χ2v) is 8.27. The Bertz CT molecular complexity index is 419. The summed E-state index contributed by atoms with van der Waals surface area (Å²) in [6, 6.07) is 2.53. The van der Waals surface area contributed by atoms with Gasteiger partial charge in [-0.15, -0.1) is 11.3 Å². The maximum atomic E-state index is 6.00. The molecule has 1 saturated carbocycles. The van der Waals surface area contributed by atoms with E-state index >= 15 is 0 Å². The van der Waals surface area contributed by atoms with Gasteiger partial charge in [0, 0.05) is 12.6 Å². The zero-order chi connectivity index (χ0) is 12.6. The van der Waals surface area contributed by atoms with Gasteiger partial charge in [-0.2, -0.15) is 0 Å². The van der Waals surface area contributed by atoms with Gasteiger partial charge in [-0.25, -0.2) is 0 Å². The number of nitrogens with two attached hydrogens (primary N) is 1. The smallest absolute Gasteiger partial charge is 0.0686 e. The van der Waals surface area contributed by atoms with E-state index in [-0.39, 0.29) is 11.6 Å². The van der Waals surface area contributed by atoms with E-state index in [4.69, 9.17) is 10.6 Å². The van der Waals surface area contributed by atoms with Crippen LogP contribution in [0.2, 0.25) is 0 Å². The van der Waals surface area contributed by atoms with Gasteiger partial charge in [-0.05, 0) is 77.6 Å². The van der Waals surface area contributed by atoms with Crippen LogP contribution in [0.5, 0.6) is 0 Å². The topological polar surface area (TPSA) is 47.3 Å². The minimum Gasteiger partial charge on any atom is -0.375 e. The molecule has 18 heavy (non-hydrogen) atoms. The summed E-state index contributed by atoms with van der Waals surface area (Å²) in [5.41, 5.74) is 4.57. The SMILES string of the molecule is NNC(c1csc(I)c1)C1CCOC2(CCC2)C1. The van der Waals surface area contributed by atoms with Crippen LogP contribution < -0.4 is 11.3 Å². The van der Waals surface area contributed by atoms with Gasteiger partial charge in [-0.3, -0.25) is 11.3 Å². The monoisotopic (exact) mass is 378 g/mol. The molecule has 1 aliphatic heterocycles. The Labute approximate surface area is 126 Å². The van der Waals surface area contributed by atoms with Crippen molar-refractivity contribution in [3.05, 3.63) is 19.9 Å². The van der Waals surface area contributed by atoms with E-state index < -0.39 is 0 Å². The van der Waals surface area contributed by atoms with Gasteiger partial charge in [0.2, 0.25) is 0 Å². The first-order valence-electron chi connectivity index (χ1n) is 6.56. The summed E-state index contributed by atoms with van der Waals surface area (Å²) in [7, 11) is 0. The molecule has 2 heterocycles. The highest BCUT2D eigenvalue weighted by atomic mass is 127. The van der Waals surface area contributed by atoms with Crippen molar-refractivity contribution in [3.8, 4) is 0 Å². The Morgan fingerprint density at radius 1 is 1.56 bits per heavy atom. The molecule has 2 fully saturated rings. The molecule has 100 valence electrons. The summed E-state index contributed by atoms with van der Waals surface area (Å²) in [5.74, 6) is 6.41. The van der Waals surface area contributed by atoms with Crippen LogP contribution in [0.4, 0.5) is 0 Å². The average molecular weight is 378 g/mol. The van der Waals surface area contributed by atoms with E-state index in [9.17, 15) is 0 Å². The fourth-order valence-corrected chi connectivity index (χ4v) is 4.67. The second-order valence-electron chi connectivity index (χ2n) is 5.47. The Morgan fingerprint density at radius 3 is 2.94 bits per heavy atom. The number of halogens is 1. The molecule has 3 N–H and O–H groups in total. The Balaban J connectivity index is 1.75. The Kier molecular flexibility index (Phi) is 3.96. The van der Waals surface area contributed by atoms with Gasteiger partial charge < -0.3 is 4.74 Å². The number of nitrogens with one attached hydrogen (secondary N) is 1. The van der Waals surface area contributed by atoms with Crippen molar-refractivity contribution in [2.45, 2.75) is 43.7 Å². The third-order valence-electron chi connectivity index (χ3n) is 4.39. The molecule has 1 aromatic heterocycles. The first-order chi connectivity index (χ1) is 8.72. The first kappa shape index (κ1) is 13.3. The molecule has 3 rings (SSSR count). The van der Waals surface area contributed by atoms with Crippen molar-refractivity contribution in [2.24, 2.45) is 11.8 Å². The van der Waals surface area contributed by atoms with Gasteiger partial charge in [0.05, 0.1) is 8.48 Å². The van der Waals surface area contributed by atoms with Crippen LogP contribution in [0.3, 0.4) is 0 Å². The van der Waals surface area contributed by atoms with E-state index in [0.717, 1.165) is 19.4 Å². The molecule has 0 radical (unpaired) electrons. The van der Waals surface area contributed by atoms with E-state index in [1.54, 1.807) is 11.3 Å². The molecule has 1 spiro atoms. The minimum atomic E-state index is 0.196. The fraction of sp³-hybridized carbons (Fsp3) is 0.692. The molecule has 2 unspecified atom stereocenters. The minimum absolute atomic E-state index is 0.196. The van der Waals surface area contributed by atoms with Gasteiger partial charge in [0.25, 0.3) is 0 Å². The fourth-order valence-electron chi connectivity index (χ4n) is 3.26. The standard InChI is InChI=1S/C13H19IN2OS/c14-11-6-10(8-18-11)12(16-15)9-2-5-17-13(7-9)3-1-4-13/h6,8-9,12,16H,1-5,7,15H2. The summed E-state index contributed by atoms with van der Waals surface area (Å²) in [4.78, 5) is 0. The van der Waals surface area contributed by atoms with E-state index in [1.807, 2.05) is 0 Å². The summed E-state index contributed by atoms with van der Waals surface area (Å²) in [6.07, 6.45) is 6.07. The highest BCUT2D eigenvalue weighted by Crippen LogP contribution is 2.47. The van der Waals surface area contributed by atoms with Crippen LogP contribution in [-0.4, -0.2) is 12.2 Å². The highest BCUT2D eigenvalue weighted by molar-refractivity contribution is 14.1. The molecule has 2 atom stereocenters. The molecule has 0 amide bonds. The quantitative estimate of drug-likeness (QED) is 0.483. The predicted octanol–water partition coefficient (Wildman–Crippen LogP) is 3.21. The van der Waals surface area contributed by atoms with E-state index in [1.165, 1.54) is 27.7 Å². The van der Waals surface area contributed by atoms with Crippen LogP contribution in [0.15, 0.2) is 11.4 Å². The van der Waals surface area contributed by atoms with Crippen LogP contribution in [0.25, 0.3) is 0 Å². The molecule has 3 nitrogen and oxygen atoms in total. The number of thiophene rings is 1. The third-order valence-corrected chi connectivity index (χ3v) is 6.20. The van der Waals surface area contributed by atoms with Gasteiger partial charge in [0.1, 0.15) is 0 Å². The molecular formula is C13H19IN2OS. The summed E-state index contributed by atoms with van der Waals surface area (Å²) < 4.78 is 7.33. The molecule has 1 aromatic rings. The number of hydrazine groups is 1. The molecule has 0 aromatic carbocycles. The maximum absolute atomic E-state index is 6.00. The van der Waals surface area contributed by atoms with Crippen molar-refractivity contribution in [1.29, 1.82) is 0 Å². The van der Waals surface area contributed by atoms with Crippen LogP contribution in [-0.2, 0) is 4.74 Å². The largest absolute Gasteiger partial charge is 0.375 e. The lowest BCUT2D eigenvalue weighted by Crippen LogP contribution is -2.48. The average Bonchev–Trinajstić information content (AvgIpc) is 2.75. The maximum Gasteiger partial charge on any atom is 0.0686 e. The Morgan fingerprint density at radius 2 is 2.39 bits per heavy atom. The zero-order valence-corrected chi connectivity index (χ0v) is 13.3. The summed E-state index contributed by atoms with van der Waals surface area (Å²) >= 11 is 4.16. The molecule has 0 bridgehead atoms. The molecule has 2 aliphatic rings. The van der Waals surface area contributed by atoms with Crippen molar-refractivity contribution in [1.82, 2.24) is 5.43 Å². The lowest BCUT2D eigenvalue weighted by Gasteiger charge is -2.48. The van der Waals surface area contributed by atoms with Gasteiger partial charge in [0.15, 0.2) is 0 Å². The number of hydrogen-bond donors (Lipinski definition) is 2. The lowest BCUT2D eigenvalue weighted by atomic mass is 9.70. The normalized spacial score (nSPS) is 28.0. The lowest BCUT2D eigenvalue weighted by molar-refractivity contribution is -0.147. The summed E-state index contributed by atoms with van der Waals surface area (Å²) in [5, 5.41) is 2.23. The van der Waals surface area contributed by atoms with Crippen molar-refractivity contribution >= 4 is 33.9 Å². The zero-order valence-electron chi connectivity index (χ0n) is 10.3. The molecular weight excluding hydrogens is 359 g/mol.